The van der Waals surface area contributed by atoms with E-state index in [1.807, 2.05) is 4.31 Å². The second kappa shape index (κ2) is 12.4. The molecule has 44 heavy (non-hydrogen) atoms. The van der Waals surface area contributed by atoms with Crippen molar-refractivity contribution in [2.75, 3.05) is 20.1 Å². The van der Waals surface area contributed by atoms with Crippen LogP contribution < -0.4 is 10.9 Å². The summed E-state index contributed by atoms with van der Waals surface area (Å²) in [6, 6.07) is 14.5. The van der Waals surface area contributed by atoms with Gasteiger partial charge in [0, 0.05) is 56.9 Å². The van der Waals surface area contributed by atoms with Crippen LogP contribution in [-0.2, 0) is 29.7 Å². The number of piperidine rings is 1. The van der Waals surface area contributed by atoms with Crippen molar-refractivity contribution in [1.82, 2.24) is 24.0 Å². The Hall–Kier alpha value is -4.23. The number of carbonyl (C=O) groups is 1. The summed E-state index contributed by atoms with van der Waals surface area (Å²) in [5, 5.41) is 6.92. The Morgan fingerprint density at radius 3 is 2.36 bits per heavy atom. The fourth-order valence-electron chi connectivity index (χ4n) is 5.44. The second-order valence-corrected chi connectivity index (χ2v) is 12.9. The predicted molar refractivity (Wildman–Crippen MR) is 162 cm³/mol. The van der Waals surface area contributed by atoms with Gasteiger partial charge in [0.25, 0.3) is 11.5 Å². The zero-order valence-electron chi connectivity index (χ0n) is 24.6. The first kappa shape index (κ1) is 31.2. The first-order valence-electron chi connectivity index (χ1n) is 14.1. The van der Waals surface area contributed by atoms with Crippen LogP contribution in [0.1, 0.15) is 46.4 Å². The summed E-state index contributed by atoms with van der Waals surface area (Å²) in [5.41, 5.74) is 0.167. The Labute approximate surface area is 253 Å². The molecule has 232 valence electrons. The molecule has 0 bridgehead atoms. The molecule has 2 aromatic carbocycles. The third-order valence-electron chi connectivity index (χ3n) is 7.82. The lowest BCUT2D eigenvalue weighted by atomic mass is 10.1. The van der Waals surface area contributed by atoms with Gasteiger partial charge in [-0.15, -0.1) is 0 Å². The van der Waals surface area contributed by atoms with Crippen LogP contribution in [0.25, 0.3) is 16.9 Å². The molecule has 1 aliphatic rings. The SMILES string of the molecule is CN=S(=O)(c1ccc(CNC(=O)c2cc(-c3ccnn3C)c(C)n(-c3cccc(C(F)(F)F)c3)c2=O)cc1)N1CCCCC1. The number of benzene rings is 2. The molecule has 1 saturated heterocycles. The van der Waals surface area contributed by atoms with Crippen molar-refractivity contribution in [3.63, 3.8) is 0 Å². The Balaban J connectivity index is 1.47. The van der Waals surface area contributed by atoms with E-state index in [0.29, 0.717) is 40.5 Å². The number of halogens is 3. The number of pyridine rings is 1. The van der Waals surface area contributed by atoms with Crippen molar-refractivity contribution >= 4 is 15.8 Å². The van der Waals surface area contributed by atoms with Crippen LogP contribution in [0, 0.1) is 6.92 Å². The largest absolute Gasteiger partial charge is 0.416 e. The molecule has 13 heteroatoms. The topological polar surface area (TPSA) is 102 Å². The third-order valence-corrected chi connectivity index (χ3v) is 10.3. The van der Waals surface area contributed by atoms with Crippen molar-refractivity contribution in [3.8, 4) is 16.9 Å². The molecule has 1 N–H and O–H groups in total. The van der Waals surface area contributed by atoms with E-state index >= 15 is 0 Å². The molecule has 1 atom stereocenters. The van der Waals surface area contributed by atoms with Gasteiger partial charge in [-0.2, -0.15) is 18.3 Å². The van der Waals surface area contributed by atoms with Gasteiger partial charge in [0.15, 0.2) is 0 Å². The zero-order valence-corrected chi connectivity index (χ0v) is 25.4. The molecule has 1 fully saturated rings. The minimum Gasteiger partial charge on any atom is -0.348 e. The maximum Gasteiger partial charge on any atom is 0.416 e. The summed E-state index contributed by atoms with van der Waals surface area (Å²) in [4.78, 5) is 27.7. The van der Waals surface area contributed by atoms with Gasteiger partial charge in [0.1, 0.15) is 15.5 Å². The Morgan fingerprint density at radius 1 is 1.05 bits per heavy atom. The molecule has 1 unspecified atom stereocenters. The molecule has 0 saturated carbocycles. The molecule has 0 aliphatic carbocycles. The first-order valence-corrected chi connectivity index (χ1v) is 15.6. The first-order chi connectivity index (χ1) is 20.9. The number of amides is 1. The van der Waals surface area contributed by atoms with E-state index in [4.69, 9.17) is 0 Å². The van der Waals surface area contributed by atoms with Crippen LogP contribution in [0.2, 0.25) is 0 Å². The van der Waals surface area contributed by atoms with E-state index in [-0.39, 0.29) is 17.8 Å². The van der Waals surface area contributed by atoms with Gasteiger partial charge < -0.3 is 5.32 Å². The molecule has 0 radical (unpaired) electrons. The number of nitrogens with zero attached hydrogens (tertiary/aromatic N) is 5. The average Bonchev–Trinajstić information content (AvgIpc) is 3.45. The van der Waals surface area contributed by atoms with E-state index in [1.165, 1.54) is 18.2 Å². The van der Waals surface area contributed by atoms with Gasteiger partial charge in [-0.3, -0.25) is 18.8 Å². The monoisotopic (exact) mass is 626 g/mol. The van der Waals surface area contributed by atoms with E-state index in [9.17, 15) is 27.0 Å². The molecule has 2 aromatic heterocycles. The minimum atomic E-state index is -4.62. The molecule has 1 amide bonds. The smallest absolute Gasteiger partial charge is 0.348 e. The normalized spacial score (nSPS) is 15.5. The summed E-state index contributed by atoms with van der Waals surface area (Å²) in [6.07, 6.45) is -0.0345. The molecular formula is C31H33F3N6O3S. The van der Waals surface area contributed by atoms with Crippen LogP contribution in [0.15, 0.2) is 80.9 Å². The van der Waals surface area contributed by atoms with Crippen LogP contribution >= 0.6 is 0 Å². The Kier molecular flexibility index (Phi) is 8.80. The van der Waals surface area contributed by atoms with Crippen LogP contribution in [-0.4, -0.2) is 48.9 Å². The van der Waals surface area contributed by atoms with Crippen LogP contribution in [0.3, 0.4) is 0 Å². The fourth-order valence-corrected chi connectivity index (χ4v) is 7.42. The Morgan fingerprint density at radius 2 is 1.75 bits per heavy atom. The van der Waals surface area contributed by atoms with Gasteiger partial charge in [-0.25, -0.2) is 12.9 Å². The quantitative estimate of drug-likeness (QED) is 0.299. The van der Waals surface area contributed by atoms with Crippen molar-refractivity contribution in [2.45, 2.75) is 43.8 Å². The maximum atomic E-state index is 13.7. The number of hydrogen-bond acceptors (Lipinski definition) is 5. The molecule has 1 aliphatic heterocycles. The highest BCUT2D eigenvalue weighted by Crippen LogP contribution is 2.31. The molecule has 3 heterocycles. The second-order valence-electron chi connectivity index (χ2n) is 10.6. The van der Waals surface area contributed by atoms with Crippen molar-refractivity contribution in [2.24, 2.45) is 11.4 Å². The highest BCUT2D eigenvalue weighted by Gasteiger charge is 2.31. The van der Waals surface area contributed by atoms with Gasteiger partial charge in [-0.05, 0) is 67.8 Å². The van der Waals surface area contributed by atoms with Crippen molar-refractivity contribution in [3.05, 3.63) is 99.6 Å². The lowest BCUT2D eigenvalue weighted by Gasteiger charge is -2.29. The van der Waals surface area contributed by atoms with Crippen LogP contribution in [0.5, 0.6) is 0 Å². The van der Waals surface area contributed by atoms with Crippen LogP contribution in [0.4, 0.5) is 13.2 Å². The highest BCUT2D eigenvalue weighted by molar-refractivity contribution is 7.91. The molecule has 5 rings (SSSR count). The summed E-state index contributed by atoms with van der Waals surface area (Å²) >= 11 is 0. The van der Waals surface area contributed by atoms with E-state index in [2.05, 4.69) is 14.8 Å². The number of nitrogens with one attached hydrogen (secondary N) is 1. The lowest BCUT2D eigenvalue weighted by Crippen LogP contribution is -2.35. The lowest BCUT2D eigenvalue weighted by molar-refractivity contribution is -0.137. The van der Waals surface area contributed by atoms with Crippen molar-refractivity contribution < 1.29 is 22.2 Å². The average molecular weight is 627 g/mol. The maximum absolute atomic E-state index is 13.7. The number of hydrogen-bond donors (Lipinski definition) is 1. The number of alkyl halides is 3. The van der Waals surface area contributed by atoms with E-state index < -0.39 is 33.1 Å². The standard InChI is InChI=1S/C31H33F3N6O3S/c1-21-26(28-14-15-37-38(28)3)19-27(30(42)40(21)24-9-7-8-23(18-24)31(32,33)34)29(41)36-20-22-10-12-25(13-11-22)44(43,35-2)39-16-5-4-6-17-39/h7-15,18-19H,4-6,16-17,20H2,1-3H3,(H,36,41). The minimum absolute atomic E-state index is 0.0189. The fraction of sp³-hybridized carbons (Fsp3) is 0.323. The molecule has 0 spiro atoms. The molecular weight excluding hydrogens is 593 g/mol. The number of rotatable bonds is 7. The van der Waals surface area contributed by atoms with Gasteiger partial charge in [-0.1, -0.05) is 24.6 Å². The zero-order chi connectivity index (χ0) is 31.6. The third kappa shape index (κ3) is 6.06. The van der Waals surface area contributed by atoms with E-state index in [1.54, 1.807) is 62.2 Å². The van der Waals surface area contributed by atoms with Gasteiger partial charge in [0.05, 0.1) is 16.2 Å². The summed E-state index contributed by atoms with van der Waals surface area (Å²) in [7, 11) is 0.510. The number of aryl methyl sites for hydroxylation is 1. The number of aromatic nitrogens is 3. The molecule has 4 aromatic rings. The van der Waals surface area contributed by atoms with E-state index in [0.717, 1.165) is 36.0 Å². The highest BCUT2D eigenvalue weighted by atomic mass is 32.2. The van der Waals surface area contributed by atoms with Gasteiger partial charge >= 0.3 is 6.18 Å². The number of carbonyl (C=O) groups excluding carboxylic acids is 1. The van der Waals surface area contributed by atoms with Crippen molar-refractivity contribution in [1.29, 1.82) is 0 Å². The van der Waals surface area contributed by atoms with Gasteiger partial charge in [0.2, 0.25) is 0 Å². The summed E-state index contributed by atoms with van der Waals surface area (Å²) in [6.45, 7) is 3.09. The summed E-state index contributed by atoms with van der Waals surface area (Å²) < 4.78 is 63.1. The molecule has 9 nitrogen and oxygen atoms in total. The Bertz CT molecular complexity index is 1870. The summed E-state index contributed by atoms with van der Waals surface area (Å²) in [5.74, 6) is -0.691. The predicted octanol–water partition coefficient (Wildman–Crippen LogP) is 5.35.